The van der Waals surface area contributed by atoms with Crippen LogP contribution in [-0.4, -0.2) is 28.6 Å². The Morgan fingerprint density at radius 3 is 1.75 bits per heavy atom. The first-order valence-electron chi connectivity index (χ1n) is 4.70. The van der Waals surface area contributed by atoms with Gasteiger partial charge in [0.05, 0.1) is 0 Å². The Hall–Kier alpha value is 0.0969. The molecule has 0 radical (unpaired) electrons. The summed E-state index contributed by atoms with van der Waals surface area (Å²) in [7, 11) is -2.18. The Labute approximate surface area is 74.4 Å². The molecule has 0 aromatic carbocycles. The molecule has 12 heavy (non-hydrogen) atoms. The fourth-order valence-corrected chi connectivity index (χ4v) is 3.51. The lowest BCUT2D eigenvalue weighted by atomic mass is 9.99. The van der Waals surface area contributed by atoms with Gasteiger partial charge in [0, 0.05) is 26.4 Å². The van der Waals surface area contributed by atoms with Gasteiger partial charge in [-0.05, 0) is 25.2 Å². The Bertz CT molecular complexity index is 136. The quantitative estimate of drug-likeness (QED) is 0.538. The third-order valence-electron chi connectivity index (χ3n) is 2.67. The van der Waals surface area contributed by atoms with Crippen molar-refractivity contribution in [2.45, 2.75) is 25.8 Å². The first-order valence-corrected chi connectivity index (χ1v) is 6.93. The van der Waals surface area contributed by atoms with Gasteiger partial charge in [0.25, 0.3) is 0 Å². The molecule has 3 fully saturated rings. The number of fused-ring (bicyclic) bond motifs is 6. The minimum absolute atomic E-state index is 0.754. The summed E-state index contributed by atoms with van der Waals surface area (Å²) in [6.45, 7) is 4.48. The molecule has 3 rings (SSSR count). The van der Waals surface area contributed by atoms with Crippen LogP contribution in [0, 0.1) is 5.92 Å². The molecule has 0 spiro atoms. The van der Waals surface area contributed by atoms with E-state index in [1.807, 2.05) is 6.55 Å². The number of hydrogen-bond acceptors (Lipinski definition) is 3. The van der Waals surface area contributed by atoms with E-state index in [4.69, 9.17) is 13.3 Å². The van der Waals surface area contributed by atoms with E-state index in [-0.39, 0.29) is 0 Å². The van der Waals surface area contributed by atoms with Crippen molar-refractivity contribution in [1.82, 2.24) is 0 Å². The van der Waals surface area contributed by atoms with E-state index >= 15 is 0 Å². The van der Waals surface area contributed by atoms with Gasteiger partial charge in [-0.25, -0.2) is 0 Å². The minimum Gasteiger partial charge on any atom is -0.374 e. The average molecular weight is 188 g/mol. The Morgan fingerprint density at radius 2 is 1.33 bits per heavy atom. The second kappa shape index (κ2) is 3.45. The van der Waals surface area contributed by atoms with Crippen LogP contribution in [0.3, 0.4) is 0 Å². The van der Waals surface area contributed by atoms with Gasteiger partial charge in [0.1, 0.15) is 0 Å². The van der Waals surface area contributed by atoms with Crippen molar-refractivity contribution in [2.75, 3.05) is 19.8 Å². The molecule has 0 atom stereocenters. The molecule has 3 heterocycles. The SMILES string of the molecule is C[Si]12OCCC(CCO1)CCO2. The van der Waals surface area contributed by atoms with Crippen LogP contribution in [0.25, 0.3) is 0 Å². The lowest BCUT2D eigenvalue weighted by molar-refractivity contribution is 0.0132. The molecular formula is C8H16O3Si. The lowest BCUT2D eigenvalue weighted by Gasteiger charge is -2.34. The van der Waals surface area contributed by atoms with Crippen molar-refractivity contribution in [3.8, 4) is 0 Å². The van der Waals surface area contributed by atoms with Gasteiger partial charge in [-0.3, -0.25) is 0 Å². The molecule has 4 heteroatoms. The van der Waals surface area contributed by atoms with Gasteiger partial charge in [0.15, 0.2) is 0 Å². The third kappa shape index (κ3) is 1.88. The van der Waals surface area contributed by atoms with Gasteiger partial charge >= 0.3 is 8.80 Å². The highest BCUT2D eigenvalue weighted by atomic mass is 28.4. The van der Waals surface area contributed by atoms with E-state index in [1.54, 1.807) is 0 Å². The first kappa shape index (κ1) is 8.68. The molecule has 3 aliphatic heterocycles. The fraction of sp³-hybridized carbons (Fsp3) is 1.00. The second-order valence-corrected chi connectivity index (χ2v) is 6.23. The Balaban J connectivity index is 2.06. The summed E-state index contributed by atoms with van der Waals surface area (Å²) in [5, 5.41) is 0. The van der Waals surface area contributed by atoms with Crippen molar-refractivity contribution in [1.29, 1.82) is 0 Å². The van der Waals surface area contributed by atoms with Gasteiger partial charge in [-0.2, -0.15) is 0 Å². The lowest BCUT2D eigenvalue weighted by Crippen LogP contribution is -2.47. The van der Waals surface area contributed by atoms with Crippen LogP contribution in [0.2, 0.25) is 6.55 Å². The molecule has 0 aromatic heterocycles. The topological polar surface area (TPSA) is 27.7 Å². The minimum atomic E-state index is -2.18. The van der Waals surface area contributed by atoms with Crippen LogP contribution >= 0.6 is 0 Å². The van der Waals surface area contributed by atoms with Crippen LogP contribution in [0.15, 0.2) is 0 Å². The normalized spacial score (nSPS) is 43.2. The molecule has 0 N–H and O–H groups in total. The Kier molecular flexibility index (Phi) is 2.50. The van der Waals surface area contributed by atoms with Crippen LogP contribution in [0.1, 0.15) is 19.3 Å². The smallest absolute Gasteiger partial charge is 0.374 e. The predicted molar refractivity (Wildman–Crippen MR) is 46.8 cm³/mol. The first-order chi connectivity index (χ1) is 5.79. The molecule has 0 amide bonds. The summed E-state index contributed by atoms with van der Waals surface area (Å²) in [5.41, 5.74) is 0. The zero-order valence-electron chi connectivity index (χ0n) is 7.54. The number of rotatable bonds is 0. The molecule has 3 aliphatic rings. The van der Waals surface area contributed by atoms with Gasteiger partial charge in [-0.15, -0.1) is 0 Å². The maximum atomic E-state index is 5.64. The van der Waals surface area contributed by atoms with Gasteiger partial charge in [0.2, 0.25) is 0 Å². The average Bonchev–Trinajstić information content (AvgIpc) is 1.93. The van der Waals surface area contributed by atoms with Crippen LogP contribution in [-0.2, 0) is 13.3 Å². The van der Waals surface area contributed by atoms with Crippen LogP contribution < -0.4 is 0 Å². The summed E-state index contributed by atoms with van der Waals surface area (Å²) in [5.74, 6) is 0.754. The van der Waals surface area contributed by atoms with Gasteiger partial charge < -0.3 is 13.3 Å². The van der Waals surface area contributed by atoms with E-state index in [1.165, 1.54) is 19.3 Å². The van der Waals surface area contributed by atoms with Crippen molar-refractivity contribution < 1.29 is 13.3 Å². The van der Waals surface area contributed by atoms with Crippen LogP contribution in [0.5, 0.6) is 0 Å². The van der Waals surface area contributed by atoms with E-state index in [2.05, 4.69) is 0 Å². The summed E-state index contributed by atoms with van der Waals surface area (Å²) in [4.78, 5) is 0. The molecule has 3 saturated heterocycles. The monoisotopic (exact) mass is 188 g/mol. The second-order valence-electron chi connectivity index (χ2n) is 3.64. The molecule has 0 aliphatic carbocycles. The summed E-state index contributed by atoms with van der Waals surface area (Å²) in [6, 6.07) is 0. The molecule has 0 unspecified atom stereocenters. The molecule has 3 nitrogen and oxygen atoms in total. The molecular weight excluding hydrogens is 172 g/mol. The van der Waals surface area contributed by atoms with E-state index in [0.29, 0.717) is 0 Å². The van der Waals surface area contributed by atoms with E-state index in [9.17, 15) is 0 Å². The van der Waals surface area contributed by atoms with Crippen molar-refractivity contribution in [3.63, 3.8) is 0 Å². The maximum absolute atomic E-state index is 5.64. The molecule has 0 saturated carbocycles. The predicted octanol–water partition coefficient (Wildman–Crippen LogP) is 1.42. The summed E-state index contributed by atoms with van der Waals surface area (Å²) in [6.07, 6.45) is 3.57. The largest absolute Gasteiger partial charge is 0.497 e. The summed E-state index contributed by atoms with van der Waals surface area (Å²) < 4.78 is 16.9. The zero-order valence-corrected chi connectivity index (χ0v) is 8.54. The number of hydrogen-bond donors (Lipinski definition) is 0. The van der Waals surface area contributed by atoms with Crippen molar-refractivity contribution >= 4 is 8.80 Å². The fourth-order valence-electron chi connectivity index (χ4n) is 1.79. The highest BCUT2D eigenvalue weighted by molar-refractivity contribution is 6.59. The zero-order chi connectivity index (χ0) is 8.44. The molecule has 0 aromatic rings. The van der Waals surface area contributed by atoms with Crippen molar-refractivity contribution in [3.05, 3.63) is 0 Å². The highest BCUT2D eigenvalue weighted by Gasteiger charge is 2.38. The standard InChI is InChI=1S/C8H16O3Si/c1-12-9-5-2-8(3-6-10-12)4-7-11-12/h8H,2-7H2,1H3. The van der Waals surface area contributed by atoms with E-state index in [0.717, 1.165) is 25.7 Å². The van der Waals surface area contributed by atoms with Crippen molar-refractivity contribution in [2.24, 2.45) is 5.92 Å². The van der Waals surface area contributed by atoms with Crippen LogP contribution in [0.4, 0.5) is 0 Å². The third-order valence-corrected chi connectivity index (χ3v) is 4.86. The maximum Gasteiger partial charge on any atom is 0.497 e. The van der Waals surface area contributed by atoms with Gasteiger partial charge in [-0.1, -0.05) is 0 Å². The van der Waals surface area contributed by atoms with E-state index < -0.39 is 8.80 Å². The Morgan fingerprint density at radius 1 is 0.917 bits per heavy atom. The summed E-state index contributed by atoms with van der Waals surface area (Å²) >= 11 is 0. The molecule has 2 bridgehead atoms. The molecule has 70 valence electrons. The highest BCUT2D eigenvalue weighted by Crippen LogP contribution is 2.25.